The molecule has 5 rings (SSSR count). The summed E-state index contributed by atoms with van der Waals surface area (Å²) < 4.78 is 0. The lowest BCUT2D eigenvalue weighted by Gasteiger charge is -2.32. The standard InChI is InChI=1S/C32H33N5O5/c1-20-18-25-26(19-24(20)32(41)42)35-31(40)28(25)29(21-6-4-3-5-7-21)34-23-10-8-22(9-11-23)30(39)33-13-12-27(38)37-16-14-36(2)15-17-37/h3-11,18-19,35,40H,12-17H2,1-2H3,(H,33,39)(H,41,42). The number of carboxylic acids is 1. The van der Waals surface area contributed by atoms with E-state index in [0.29, 0.717) is 52.1 Å². The van der Waals surface area contributed by atoms with Crippen LogP contribution in [0, 0.1) is 6.92 Å². The van der Waals surface area contributed by atoms with E-state index in [1.807, 2.05) is 42.3 Å². The number of hydrogen-bond acceptors (Lipinski definition) is 6. The molecule has 10 nitrogen and oxygen atoms in total. The predicted octanol–water partition coefficient (Wildman–Crippen LogP) is 3.94. The first-order valence-corrected chi connectivity index (χ1v) is 13.8. The Morgan fingerprint density at radius 3 is 2.31 bits per heavy atom. The van der Waals surface area contributed by atoms with Gasteiger partial charge in [-0.25, -0.2) is 9.79 Å². The monoisotopic (exact) mass is 567 g/mol. The highest BCUT2D eigenvalue weighted by molar-refractivity contribution is 6.22. The van der Waals surface area contributed by atoms with Crippen molar-refractivity contribution >= 4 is 40.1 Å². The Morgan fingerprint density at radius 2 is 1.64 bits per heavy atom. The number of carbonyl (C=O) groups excluding carboxylic acids is 2. The van der Waals surface area contributed by atoms with E-state index >= 15 is 0 Å². The SMILES string of the molecule is Cc1cc2c(C(=Nc3ccc(C(=O)NCCC(=O)N4CCN(C)CC4)cc3)c3ccccc3)c(O)[nH]c2cc1C(=O)O. The van der Waals surface area contributed by atoms with E-state index in [9.17, 15) is 24.6 Å². The average Bonchev–Trinajstić information content (AvgIpc) is 3.30. The average molecular weight is 568 g/mol. The highest BCUT2D eigenvalue weighted by Gasteiger charge is 2.22. The van der Waals surface area contributed by atoms with Crippen molar-refractivity contribution < 1.29 is 24.6 Å². The molecule has 4 N–H and O–H groups in total. The van der Waals surface area contributed by atoms with Gasteiger partial charge in [-0.1, -0.05) is 30.3 Å². The molecule has 1 aromatic heterocycles. The van der Waals surface area contributed by atoms with Crippen LogP contribution in [0.25, 0.3) is 10.9 Å². The van der Waals surface area contributed by atoms with Crippen molar-refractivity contribution in [2.45, 2.75) is 13.3 Å². The second-order valence-corrected chi connectivity index (χ2v) is 10.4. The summed E-state index contributed by atoms with van der Waals surface area (Å²) in [6.07, 6.45) is 0.250. The molecular weight excluding hydrogens is 534 g/mol. The number of aromatic amines is 1. The van der Waals surface area contributed by atoms with E-state index in [1.165, 1.54) is 6.07 Å². The Bertz CT molecular complexity index is 1650. The third-order valence-electron chi connectivity index (χ3n) is 7.49. The highest BCUT2D eigenvalue weighted by Crippen LogP contribution is 2.33. The van der Waals surface area contributed by atoms with Gasteiger partial charge in [0.25, 0.3) is 5.91 Å². The summed E-state index contributed by atoms with van der Waals surface area (Å²) >= 11 is 0. The third-order valence-corrected chi connectivity index (χ3v) is 7.49. The smallest absolute Gasteiger partial charge is 0.336 e. The Balaban J connectivity index is 1.36. The van der Waals surface area contributed by atoms with E-state index in [0.717, 1.165) is 18.7 Å². The van der Waals surface area contributed by atoms with Crippen LogP contribution in [0.15, 0.2) is 71.7 Å². The van der Waals surface area contributed by atoms with E-state index < -0.39 is 5.97 Å². The number of amides is 2. The first kappa shape index (κ1) is 28.6. The molecule has 42 heavy (non-hydrogen) atoms. The Hall–Kier alpha value is -4.96. The van der Waals surface area contributed by atoms with Gasteiger partial charge in [-0.15, -0.1) is 0 Å². The minimum absolute atomic E-state index is 0.0384. The molecule has 0 aliphatic carbocycles. The van der Waals surface area contributed by atoms with E-state index in [4.69, 9.17) is 4.99 Å². The number of nitrogens with one attached hydrogen (secondary N) is 2. The zero-order valence-electron chi connectivity index (χ0n) is 23.6. The molecule has 0 bridgehead atoms. The molecule has 0 saturated carbocycles. The van der Waals surface area contributed by atoms with Gasteiger partial charge in [0, 0.05) is 61.2 Å². The Kier molecular flexibility index (Phi) is 8.35. The summed E-state index contributed by atoms with van der Waals surface area (Å²) in [7, 11) is 2.03. The van der Waals surface area contributed by atoms with Gasteiger partial charge < -0.3 is 30.3 Å². The van der Waals surface area contributed by atoms with E-state index in [-0.39, 0.29) is 36.2 Å². The van der Waals surface area contributed by atoms with Crippen LogP contribution in [0.3, 0.4) is 0 Å². The zero-order chi connectivity index (χ0) is 29.8. The van der Waals surface area contributed by atoms with Crippen LogP contribution in [0.4, 0.5) is 5.69 Å². The van der Waals surface area contributed by atoms with Crippen molar-refractivity contribution in [3.05, 3.63) is 94.5 Å². The van der Waals surface area contributed by atoms with Gasteiger partial charge in [0.15, 0.2) is 5.88 Å². The summed E-state index contributed by atoms with van der Waals surface area (Å²) in [4.78, 5) is 48.6. The molecule has 0 radical (unpaired) electrons. The van der Waals surface area contributed by atoms with Crippen molar-refractivity contribution in [2.24, 2.45) is 4.99 Å². The molecule has 1 fully saturated rings. The van der Waals surface area contributed by atoms with Crippen molar-refractivity contribution in [3.8, 4) is 5.88 Å². The van der Waals surface area contributed by atoms with Gasteiger partial charge >= 0.3 is 5.97 Å². The van der Waals surface area contributed by atoms with Gasteiger partial charge in [0.05, 0.1) is 22.5 Å². The van der Waals surface area contributed by atoms with E-state index in [2.05, 4.69) is 15.2 Å². The summed E-state index contributed by atoms with van der Waals surface area (Å²) in [5, 5.41) is 23.9. The fraction of sp³-hybridized carbons (Fsp3) is 0.250. The molecule has 1 aliphatic rings. The number of nitrogens with zero attached hydrogens (tertiary/aromatic N) is 3. The van der Waals surface area contributed by atoms with Crippen LogP contribution in [-0.2, 0) is 4.79 Å². The normalized spacial score (nSPS) is 14.2. The number of piperazine rings is 1. The molecule has 216 valence electrons. The number of aromatic carboxylic acids is 1. The number of benzene rings is 3. The number of fused-ring (bicyclic) bond motifs is 1. The first-order chi connectivity index (χ1) is 20.2. The molecule has 4 aromatic rings. The van der Waals surface area contributed by atoms with Crippen molar-refractivity contribution in [3.63, 3.8) is 0 Å². The minimum Gasteiger partial charge on any atom is -0.494 e. The molecule has 0 atom stereocenters. The third kappa shape index (κ3) is 6.18. The largest absolute Gasteiger partial charge is 0.494 e. The molecule has 0 spiro atoms. The summed E-state index contributed by atoms with van der Waals surface area (Å²) in [5.74, 6) is -1.42. The lowest BCUT2D eigenvalue weighted by Crippen LogP contribution is -2.47. The first-order valence-electron chi connectivity index (χ1n) is 13.8. The fourth-order valence-corrected chi connectivity index (χ4v) is 5.08. The number of H-pyrrole nitrogens is 1. The summed E-state index contributed by atoms with van der Waals surface area (Å²) in [5.41, 5.74) is 3.86. The fourth-order valence-electron chi connectivity index (χ4n) is 5.08. The lowest BCUT2D eigenvalue weighted by atomic mass is 9.98. The van der Waals surface area contributed by atoms with Crippen LogP contribution in [0.5, 0.6) is 5.88 Å². The lowest BCUT2D eigenvalue weighted by molar-refractivity contribution is -0.132. The van der Waals surface area contributed by atoms with Crippen molar-refractivity contribution in [1.29, 1.82) is 0 Å². The number of aryl methyl sites for hydroxylation is 1. The molecule has 0 unspecified atom stereocenters. The van der Waals surface area contributed by atoms with Crippen molar-refractivity contribution in [1.82, 2.24) is 20.1 Å². The van der Waals surface area contributed by atoms with Crippen LogP contribution in [0.2, 0.25) is 0 Å². The summed E-state index contributed by atoms with van der Waals surface area (Å²) in [6.45, 7) is 5.08. The molecule has 2 amide bonds. The van der Waals surface area contributed by atoms with E-state index in [1.54, 1.807) is 37.3 Å². The van der Waals surface area contributed by atoms with Gasteiger partial charge in [0.2, 0.25) is 5.91 Å². The number of aromatic hydroxyl groups is 1. The van der Waals surface area contributed by atoms with Crippen LogP contribution < -0.4 is 5.32 Å². The van der Waals surface area contributed by atoms with Crippen LogP contribution in [0.1, 0.15) is 43.8 Å². The maximum Gasteiger partial charge on any atom is 0.336 e. The van der Waals surface area contributed by atoms with Crippen molar-refractivity contribution in [2.75, 3.05) is 39.8 Å². The molecular formula is C32H33N5O5. The Morgan fingerprint density at radius 1 is 0.952 bits per heavy atom. The van der Waals surface area contributed by atoms with Crippen LogP contribution in [-0.4, -0.2) is 88.3 Å². The van der Waals surface area contributed by atoms with Gasteiger partial charge in [0.1, 0.15) is 0 Å². The number of rotatable bonds is 8. The second kappa shape index (κ2) is 12.3. The number of aromatic nitrogens is 1. The Labute approximate surface area is 243 Å². The number of likely N-dealkylation sites (N-methyl/N-ethyl adjacent to an activating group) is 1. The maximum absolute atomic E-state index is 12.7. The molecule has 2 heterocycles. The number of carbonyl (C=O) groups is 3. The number of aliphatic imine (C=N–C) groups is 1. The van der Waals surface area contributed by atoms with Gasteiger partial charge in [-0.05, 0) is 55.9 Å². The quantitative estimate of drug-likeness (QED) is 0.238. The zero-order valence-corrected chi connectivity index (χ0v) is 23.6. The number of hydrogen-bond donors (Lipinski definition) is 4. The predicted molar refractivity (Wildman–Crippen MR) is 161 cm³/mol. The maximum atomic E-state index is 12.7. The highest BCUT2D eigenvalue weighted by atomic mass is 16.4. The topological polar surface area (TPSA) is 138 Å². The molecule has 1 saturated heterocycles. The number of carboxylic acid groups (broad SMARTS) is 1. The summed E-state index contributed by atoms with van der Waals surface area (Å²) in [6, 6.07) is 19.4. The molecule has 3 aromatic carbocycles. The van der Waals surface area contributed by atoms with Gasteiger partial charge in [-0.3, -0.25) is 9.59 Å². The second-order valence-electron chi connectivity index (χ2n) is 10.4. The van der Waals surface area contributed by atoms with Gasteiger partial charge in [-0.2, -0.15) is 0 Å². The molecule has 10 heteroatoms. The molecule has 1 aliphatic heterocycles. The van der Waals surface area contributed by atoms with Crippen LogP contribution >= 0.6 is 0 Å². The minimum atomic E-state index is -1.05.